The van der Waals surface area contributed by atoms with Gasteiger partial charge in [-0.15, -0.1) is 23.2 Å². The molecule has 0 amide bonds. The molecule has 0 saturated carbocycles. The SMILES string of the molecule is COC1=CC2C=C(CC3(C(Cl)Cl)CC(O)C(=O)O3)OC(=O)C2C(O)=C1. The maximum atomic E-state index is 12.3. The van der Waals surface area contributed by atoms with Crippen molar-refractivity contribution in [3.8, 4) is 0 Å². The highest BCUT2D eigenvalue weighted by Gasteiger charge is 2.52. The van der Waals surface area contributed by atoms with Crippen molar-refractivity contribution in [1.29, 1.82) is 0 Å². The number of aliphatic hydroxyl groups is 2. The molecule has 7 nitrogen and oxygen atoms in total. The first-order valence-electron chi connectivity index (χ1n) is 7.53. The van der Waals surface area contributed by atoms with Gasteiger partial charge in [-0.2, -0.15) is 0 Å². The first-order valence-corrected chi connectivity index (χ1v) is 8.41. The maximum absolute atomic E-state index is 12.3. The molecule has 1 aliphatic carbocycles. The fourth-order valence-corrected chi connectivity index (χ4v) is 3.61. The van der Waals surface area contributed by atoms with Crippen LogP contribution >= 0.6 is 23.2 Å². The zero-order valence-corrected chi connectivity index (χ0v) is 14.7. The summed E-state index contributed by atoms with van der Waals surface area (Å²) in [6, 6.07) is 0. The smallest absolute Gasteiger partial charge is 0.335 e. The molecule has 2 heterocycles. The quantitative estimate of drug-likeness (QED) is 0.557. The number of halogens is 2. The van der Waals surface area contributed by atoms with E-state index in [4.69, 9.17) is 37.4 Å². The van der Waals surface area contributed by atoms with Crippen molar-refractivity contribution in [1.82, 2.24) is 0 Å². The predicted molar refractivity (Wildman–Crippen MR) is 86.5 cm³/mol. The highest BCUT2D eigenvalue weighted by molar-refractivity contribution is 6.45. The van der Waals surface area contributed by atoms with Crippen LogP contribution in [0.5, 0.6) is 0 Å². The van der Waals surface area contributed by atoms with E-state index in [9.17, 15) is 19.8 Å². The van der Waals surface area contributed by atoms with Gasteiger partial charge in [0.05, 0.1) is 7.11 Å². The number of fused-ring (bicyclic) bond motifs is 1. The third-order valence-corrected chi connectivity index (χ3v) is 5.23. The normalized spacial score (nSPS) is 34.6. The fraction of sp³-hybridized carbons (Fsp3) is 0.500. The van der Waals surface area contributed by atoms with Crippen LogP contribution < -0.4 is 0 Å². The van der Waals surface area contributed by atoms with Gasteiger partial charge in [0.1, 0.15) is 28.0 Å². The zero-order chi connectivity index (χ0) is 18.4. The third kappa shape index (κ3) is 3.23. The molecule has 3 aliphatic rings. The zero-order valence-electron chi connectivity index (χ0n) is 13.1. The number of ether oxygens (including phenoxy) is 3. The molecule has 4 atom stereocenters. The summed E-state index contributed by atoms with van der Waals surface area (Å²) in [6.45, 7) is 0. The Hall–Kier alpha value is -1.70. The average molecular weight is 391 g/mol. The summed E-state index contributed by atoms with van der Waals surface area (Å²) < 4.78 is 15.5. The summed E-state index contributed by atoms with van der Waals surface area (Å²) in [7, 11) is 1.45. The Bertz CT molecular complexity index is 697. The number of carbonyl (C=O) groups is 2. The number of carbonyl (C=O) groups excluding carboxylic acids is 2. The van der Waals surface area contributed by atoms with Gasteiger partial charge in [0.25, 0.3) is 0 Å². The topological polar surface area (TPSA) is 102 Å². The number of methoxy groups -OCH3 is 1. The van der Waals surface area contributed by atoms with Gasteiger partial charge in [0.15, 0.2) is 11.7 Å². The standard InChI is InChI=1S/C16H16Cl2O7/c1-23-8-2-7-3-9(24-14(22)12(7)10(19)4-8)5-16(15(17)18)6-11(20)13(21)25-16/h2-4,7,11-12,15,19-20H,5-6H2,1H3. The largest absolute Gasteiger partial charge is 0.511 e. The second-order valence-electron chi connectivity index (χ2n) is 6.13. The van der Waals surface area contributed by atoms with Gasteiger partial charge in [-0.1, -0.05) is 0 Å². The Morgan fingerprint density at radius 1 is 1.36 bits per heavy atom. The van der Waals surface area contributed by atoms with E-state index in [2.05, 4.69) is 0 Å². The van der Waals surface area contributed by atoms with Crippen LogP contribution in [0.1, 0.15) is 12.8 Å². The van der Waals surface area contributed by atoms with Crippen molar-refractivity contribution in [2.75, 3.05) is 7.11 Å². The van der Waals surface area contributed by atoms with Crippen LogP contribution in [0.15, 0.2) is 35.5 Å². The summed E-state index contributed by atoms with van der Waals surface area (Å²) >= 11 is 11.9. The Balaban J connectivity index is 1.88. The summed E-state index contributed by atoms with van der Waals surface area (Å²) in [5, 5.41) is 19.7. The third-order valence-electron chi connectivity index (χ3n) is 4.44. The van der Waals surface area contributed by atoms with E-state index in [0.29, 0.717) is 5.76 Å². The van der Waals surface area contributed by atoms with E-state index in [-0.39, 0.29) is 24.4 Å². The van der Waals surface area contributed by atoms with Gasteiger partial charge in [0.2, 0.25) is 0 Å². The molecule has 0 radical (unpaired) electrons. The van der Waals surface area contributed by atoms with Gasteiger partial charge >= 0.3 is 11.9 Å². The van der Waals surface area contributed by atoms with Crippen molar-refractivity contribution >= 4 is 35.1 Å². The number of aliphatic hydroxyl groups excluding tert-OH is 2. The Kier molecular flexibility index (Phi) is 4.74. The number of alkyl halides is 2. The van der Waals surface area contributed by atoms with Crippen molar-refractivity contribution in [2.45, 2.75) is 29.4 Å². The molecule has 4 unspecified atom stereocenters. The molecule has 1 saturated heterocycles. The molecule has 136 valence electrons. The van der Waals surface area contributed by atoms with Crippen LogP contribution in [-0.4, -0.2) is 45.8 Å². The second-order valence-corrected chi connectivity index (χ2v) is 7.23. The number of hydrogen-bond acceptors (Lipinski definition) is 7. The Morgan fingerprint density at radius 2 is 2.08 bits per heavy atom. The molecule has 0 aromatic heterocycles. The number of hydrogen-bond donors (Lipinski definition) is 2. The van der Waals surface area contributed by atoms with E-state index < -0.39 is 40.3 Å². The summed E-state index contributed by atoms with van der Waals surface area (Å²) in [6.07, 6.45) is 3.11. The van der Waals surface area contributed by atoms with Crippen LogP contribution in [0.25, 0.3) is 0 Å². The van der Waals surface area contributed by atoms with E-state index in [1.165, 1.54) is 13.2 Å². The minimum absolute atomic E-state index is 0.0803. The fourth-order valence-electron chi connectivity index (χ4n) is 3.19. The Morgan fingerprint density at radius 3 is 2.64 bits per heavy atom. The van der Waals surface area contributed by atoms with Crippen molar-refractivity contribution in [2.24, 2.45) is 11.8 Å². The highest BCUT2D eigenvalue weighted by atomic mass is 35.5. The minimum Gasteiger partial charge on any atom is -0.511 e. The molecule has 2 N–H and O–H groups in total. The van der Waals surface area contributed by atoms with Crippen LogP contribution in [0, 0.1) is 11.8 Å². The van der Waals surface area contributed by atoms with Gasteiger partial charge in [-0.3, -0.25) is 4.79 Å². The van der Waals surface area contributed by atoms with Gasteiger partial charge in [0, 0.05) is 24.8 Å². The van der Waals surface area contributed by atoms with Gasteiger partial charge in [-0.05, 0) is 12.2 Å². The highest BCUT2D eigenvalue weighted by Crippen LogP contribution is 2.43. The molecule has 3 rings (SSSR count). The predicted octanol–water partition coefficient (Wildman–Crippen LogP) is 1.89. The maximum Gasteiger partial charge on any atom is 0.335 e. The lowest BCUT2D eigenvalue weighted by atomic mass is 9.83. The van der Waals surface area contributed by atoms with E-state index in [1.54, 1.807) is 12.2 Å². The summed E-state index contributed by atoms with van der Waals surface area (Å²) in [5.74, 6) is -2.38. The molecule has 25 heavy (non-hydrogen) atoms. The first-order chi connectivity index (χ1) is 11.8. The lowest BCUT2D eigenvalue weighted by Gasteiger charge is -2.33. The number of esters is 2. The lowest BCUT2D eigenvalue weighted by Crippen LogP contribution is -2.39. The lowest BCUT2D eigenvalue weighted by molar-refractivity contribution is -0.153. The molecule has 0 aromatic rings. The second kappa shape index (κ2) is 6.55. The number of allylic oxidation sites excluding steroid dienone is 3. The Labute approximate surface area is 153 Å². The minimum atomic E-state index is -1.39. The molecular formula is C16H16Cl2O7. The van der Waals surface area contributed by atoms with Gasteiger partial charge < -0.3 is 24.4 Å². The molecule has 1 fully saturated rings. The number of rotatable bonds is 4. The van der Waals surface area contributed by atoms with Crippen LogP contribution in [0.4, 0.5) is 0 Å². The molecule has 0 aromatic carbocycles. The van der Waals surface area contributed by atoms with Crippen LogP contribution in [0.3, 0.4) is 0 Å². The monoisotopic (exact) mass is 390 g/mol. The summed E-state index contributed by atoms with van der Waals surface area (Å²) in [5.41, 5.74) is -1.39. The molecule has 0 bridgehead atoms. The van der Waals surface area contributed by atoms with Crippen LogP contribution in [0.2, 0.25) is 0 Å². The summed E-state index contributed by atoms with van der Waals surface area (Å²) in [4.78, 5) is 22.7. The van der Waals surface area contributed by atoms with Crippen LogP contribution in [-0.2, 0) is 23.8 Å². The van der Waals surface area contributed by atoms with E-state index in [1.807, 2.05) is 0 Å². The van der Waals surface area contributed by atoms with Gasteiger partial charge in [-0.25, -0.2) is 4.79 Å². The molecule has 2 aliphatic heterocycles. The molecule has 9 heteroatoms. The van der Waals surface area contributed by atoms with E-state index >= 15 is 0 Å². The number of cyclic esters (lactones) is 2. The first kappa shape index (κ1) is 18.1. The van der Waals surface area contributed by atoms with Crippen molar-refractivity contribution in [3.63, 3.8) is 0 Å². The van der Waals surface area contributed by atoms with Crippen molar-refractivity contribution < 1.29 is 34.0 Å². The molecular weight excluding hydrogens is 375 g/mol. The van der Waals surface area contributed by atoms with E-state index in [0.717, 1.165) is 0 Å². The average Bonchev–Trinajstić information content (AvgIpc) is 2.81. The van der Waals surface area contributed by atoms with Crippen molar-refractivity contribution in [3.05, 3.63) is 35.5 Å². The molecule has 0 spiro atoms.